The van der Waals surface area contributed by atoms with E-state index in [1.54, 1.807) is 18.0 Å². The molecule has 0 aliphatic carbocycles. The van der Waals surface area contributed by atoms with Crippen LogP contribution in [0.2, 0.25) is 0 Å². The molecule has 140 valence electrons. The van der Waals surface area contributed by atoms with Crippen LogP contribution in [0.25, 0.3) is 22.2 Å². The minimum absolute atomic E-state index is 0.00876. The maximum absolute atomic E-state index is 11.4. The molecule has 1 atom stereocenters. The van der Waals surface area contributed by atoms with E-state index in [1.807, 2.05) is 43.1 Å². The molecule has 1 aliphatic rings. The van der Waals surface area contributed by atoms with Gasteiger partial charge >= 0.3 is 0 Å². The number of nitrogens with one attached hydrogen (secondary N) is 1. The van der Waals surface area contributed by atoms with Gasteiger partial charge in [0.1, 0.15) is 29.2 Å². The Labute approximate surface area is 161 Å². The van der Waals surface area contributed by atoms with Crippen molar-refractivity contribution in [1.29, 1.82) is 0 Å². The summed E-state index contributed by atoms with van der Waals surface area (Å²) in [5.41, 5.74) is 2.58. The van der Waals surface area contributed by atoms with Crippen molar-refractivity contribution in [2.75, 3.05) is 18.2 Å². The third-order valence-corrected chi connectivity index (χ3v) is 4.98. The number of anilines is 1. The quantitative estimate of drug-likeness (QED) is 0.697. The molecule has 0 fully saturated rings. The highest BCUT2D eigenvalue weighted by molar-refractivity contribution is 7.98. The predicted molar refractivity (Wildman–Crippen MR) is 106 cm³/mol. The fourth-order valence-electron chi connectivity index (χ4n) is 3.17. The maximum Gasteiger partial charge on any atom is 0.222 e. The first-order valence-electron chi connectivity index (χ1n) is 8.57. The van der Waals surface area contributed by atoms with Gasteiger partial charge in [-0.3, -0.25) is 4.79 Å². The van der Waals surface area contributed by atoms with Crippen LogP contribution in [0.3, 0.4) is 0 Å². The molecule has 0 saturated carbocycles. The van der Waals surface area contributed by atoms with Crippen molar-refractivity contribution in [2.45, 2.75) is 25.0 Å². The highest BCUT2D eigenvalue weighted by Gasteiger charge is 2.25. The van der Waals surface area contributed by atoms with Crippen LogP contribution < -0.4 is 14.8 Å². The summed E-state index contributed by atoms with van der Waals surface area (Å²) in [5.74, 6) is 1.69. The molecule has 0 spiro atoms. The second-order valence-electron chi connectivity index (χ2n) is 6.50. The number of pyridine rings is 2. The molecular weight excluding hydrogens is 364 g/mol. The van der Waals surface area contributed by atoms with Gasteiger partial charge in [-0.05, 0) is 19.2 Å². The van der Waals surface area contributed by atoms with Crippen molar-refractivity contribution in [3.63, 3.8) is 0 Å². The van der Waals surface area contributed by atoms with Crippen molar-refractivity contribution in [2.24, 2.45) is 7.05 Å². The van der Waals surface area contributed by atoms with E-state index in [9.17, 15) is 4.79 Å². The zero-order valence-electron chi connectivity index (χ0n) is 15.6. The lowest BCUT2D eigenvalue weighted by molar-refractivity contribution is -0.114. The molecule has 0 unspecified atom stereocenters. The molecular formula is C19H20N4O3S. The van der Waals surface area contributed by atoms with Gasteiger partial charge in [0.2, 0.25) is 5.91 Å². The smallest absolute Gasteiger partial charge is 0.222 e. The van der Waals surface area contributed by atoms with E-state index in [0.29, 0.717) is 23.9 Å². The number of ether oxygens (including phenoxy) is 2. The highest BCUT2D eigenvalue weighted by Crippen LogP contribution is 2.44. The van der Waals surface area contributed by atoms with Gasteiger partial charge in [-0.2, -0.15) is 0 Å². The van der Waals surface area contributed by atoms with E-state index in [4.69, 9.17) is 14.5 Å². The van der Waals surface area contributed by atoms with Crippen LogP contribution in [0.4, 0.5) is 5.82 Å². The maximum atomic E-state index is 11.4. The molecule has 3 aromatic rings. The van der Waals surface area contributed by atoms with Crippen LogP contribution in [0.1, 0.15) is 13.8 Å². The summed E-state index contributed by atoms with van der Waals surface area (Å²) in [6.07, 6.45) is 5.71. The molecule has 3 aromatic heterocycles. The number of rotatable bonds is 3. The van der Waals surface area contributed by atoms with Crippen LogP contribution in [-0.2, 0) is 11.8 Å². The normalized spacial score (nSPS) is 15.8. The van der Waals surface area contributed by atoms with E-state index in [2.05, 4.69) is 10.3 Å². The van der Waals surface area contributed by atoms with Crippen molar-refractivity contribution in [3.8, 4) is 22.8 Å². The number of hydrogen-bond acceptors (Lipinski definition) is 6. The number of hydrogen-bond donors (Lipinski definition) is 1. The van der Waals surface area contributed by atoms with Gasteiger partial charge in [0.05, 0.1) is 11.7 Å². The first-order chi connectivity index (χ1) is 13.0. The van der Waals surface area contributed by atoms with Crippen molar-refractivity contribution in [1.82, 2.24) is 14.5 Å². The van der Waals surface area contributed by atoms with E-state index in [0.717, 1.165) is 27.2 Å². The SMILES string of the molecule is CSc1cc2c(c(-c3cn(C)c4cnc(NC(C)=O)cc34)n1)OC[C@H](C)O2. The van der Waals surface area contributed by atoms with Gasteiger partial charge in [-0.15, -0.1) is 11.8 Å². The summed E-state index contributed by atoms with van der Waals surface area (Å²) in [5, 5.41) is 4.53. The van der Waals surface area contributed by atoms with Gasteiger partial charge in [0.25, 0.3) is 0 Å². The molecule has 7 nitrogen and oxygen atoms in total. The molecule has 1 amide bonds. The van der Waals surface area contributed by atoms with Crippen LogP contribution in [0.15, 0.2) is 29.6 Å². The van der Waals surface area contributed by atoms with Crippen molar-refractivity contribution >= 4 is 34.4 Å². The number of carbonyl (C=O) groups is 1. The lowest BCUT2D eigenvalue weighted by Gasteiger charge is -2.25. The molecule has 27 heavy (non-hydrogen) atoms. The van der Waals surface area contributed by atoms with Gasteiger partial charge in [-0.1, -0.05) is 0 Å². The minimum Gasteiger partial charge on any atom is -0.484 e. The number of aromatic nitrogens is 3. The average Bonchev–Trinajstić information content (AvgIpc) is 2.96. The zero-order chi connectivity index (χ0) is 19.1. The average molecular weight is 384 g/mol. The Balaban J connectivity index is 1.94. The number of amides is 1. The molecule has 0 radical (unpaired) electrons. The Bertz CT molecular complexity index is 1050. The standard InChI is InChI=1S/C19H20N4O3S/c1-10-9-25-19-15(26-10)6-17(27-4)22-18(19)13-8-23(3)14-7-20-16(5-12(13)14)21-11(2)24/h5-8,10H,9H2,1-4H3,(H,20,21,24)/t10-/m0/s1. The third-order valence-electron chi connectivity index (χ3n) is 4.35. The Hall–Kier alpha value is -2.74. The van der Waals surface area contributed by atoms with E-state index in [-0.39, 0.29) is 12.0 Å². The molecule has 4 heterocycles. The van der Waals surface area contributed by atoms with E-state index >= 15 is 0 Å². The first kappa shape index (κ1) is 17.7. The van der Waals surface area contributed by atoms with Crippen molar-refractivity contribution in [3.05, 3.63) is 24.5 Å². The summed E-state index contributed by atoms with van der Waals surface area (Å²) in [7, 11) is 1.95. The number of carbonyl (C=O) groups excluding carboxylic acids is 1. The Morgan fingerprint density at radius 2 is 2.22 bits per heavy atom. The van der Waals surface area contributed by atoms with E-state index in [1.165, 1.54) is 6.92 Å². The molecule has 0 aromatic carbocycles. The molecule has 0 bridgehead atoms. The molecule has 0 saturated heterocycles. The number of nitrogens with zero attached hydrogens (tertiary/aromatic N) is 3. The third kappa shape index (κ3) is 3.21. The van der Waals surface area contributed by atoms with Crippen LogP contribution >= 0.6 is 11.8 Å². The van der Waals surface area contributed by atoms with Gasteiger partial charge < -0.3 is 19.4 Å². The largest absolute Gasteiger partial charge is 0.484 e. The summed E-state index contributed by atoms with van der Waals surface area (Å²) >= 11 is 1.55. The lowest BCUT2D eigenvalue weighted by Crippen LogP contribution is -2.26. The molecule has 8 heteroatoms. The van der Waals surface area contributed by atoms with Gasteiger partial charge in [0.15, 0.2) is 11.5 Å². The molecule has 1 aliphatic heterocycles. The zero-order valence-corrected chi connectivity index (χ0v) is 16.4. The Kier molecular flexibility index (Phi) is 4.43. The second-order valence-corrected chi connectivity index (χ2v) is 7.33. The fraction of sp³-hybridized carbons (Fsp3) is 0.316. The monoisotopic (exact) mass is 384 g/mol. The summed E-state index contributed by atoms with van der Waals surface area (Å²) < 4.78 is 13.9. The number of fused-ring (bicyclic) bond motifs is 2. The number of aryl methyl sites for hydroxylation is 1. The van der Waals surface area contributed by atoms with E-state index < -0.39 is 0 Å². The summed E-state index contributed by atoms with van der Waals surface area (Å²) in [6.45, 7) is 3.92. The van der Waals surface area contributed by atoms with Crippen LogP contribution in [-0.4, -0.2) is 39.4 Å². The lowest BCUT2D eigenvalue weighted by atomic mass is 10.1. The van der Waals surface area contributed by atoms with Gasteiger partial charge in [-0.25, -0.2) is 9.97 Å². The van der Waals surface area contributed by atoms with Crippen molar-refractivity contribution < 1.29 is 14.3 Å². The highest BCUT2D eigenvalue weighted by atomic mass is 32.2. The molecule has 1 N–H and O–H groups in total. The minimum atomic E-state index is -0.162. The fourth-order valence-corrected chi connectivity index (χ4v) is 3.58. The van der Waals surface area contributed by atoms with Gasteiger partial charge in [0, 0.05) is 37.2 Å². The Morgan fingerprint density at radius 1 is 1.41 bits per heavy atom. The van der Waals surface area contributed by atoms with Crippen LogP contribution in [0, 0.1) is 0 Å². The number of thioether (sulfide) groups is 1. The Morgan fingerprint density at radius 3 is 2.96 bits per heavy atom. The predicted octanol–water partition coefficient (Wildman–Crippen LogP) is 3.48. The summed E-state index contributed by atoms with van der Waals surface area (Å²) in [6, 6.07) is 3.77. The van der Waals surface area contributed by atoms with Crippen LogP contribution in [0.5, 0.6) is 11.5 Å². The topological polar surface area (TPSA) is 78.3 Å². The summed E-state index contributed by atoms with van der Waals surface area (Å²) in [4.78, 5) is 20.5. The molecule has 4 rings (SSSR count). The second kappa shape index (κ2) is 6.77. The first-order valence-corrected chi connectivity index (χ1v) is 9.80.